The minimum atomic E-state index is 0.0246. The molecule has 0 spiro atoms. The highest BCUT2D eigenvalue weighted by molar-refractivity contribution is 4.94. The van der Waals surface area contributed by atoms with Crippen molar-refractivity contribution in [3.8, 4) is 0 Å². The third-order valence-corrected chi connectivity index (χ3v) is 3.97. The molecule has 0 aromatic heterocycles. The van der Waals surface area contributed by atoms with Crippen molar-refractivity contribution in [1.29, 1.82) is 0 Å². The first-order valence-electron chi connectivity index (χ1n) is 6.61. The van der Waals surface area contributed by atoms with Crippen molar-refractivity contribution in [1.82, 2.24) is 4.90 Å². The Morgan fingerprint density at radius 2 is 2.24 bits per heavy atom. The highest BCUT2D eigenvalue weighted by Gasteiger charge is 2.38. The topological polar surface area (TPSA) is 47.7 Å². The number of hydrogen-bond donors (Lipinski definition) is 1. The Labute approximate surface area is 105 Å². The Hall–Kier alpha value is -0.160. The van der Waals surface area contributed by atoms with Crippen molar-refractivity contribution < 1.29 is 9.47 Å². The molecule has 1 aliphatic rings. The highest BCUT2D eigenvalue weighted by Crippen LogP contribution is 2.29. The van der Waals surface area contributed by atoms with Crippen LogP contribution in [-0.2, 0) is 9.47 Å². The molecule has 0 radical (unpaired) electrons. The molecule has 1 aliphatic heterocycles. The Balaban J connectivity index is 2.46. The second-order valence-corrected chi connectivity index (χ2v) is 5.46. The molecule has 0 aliphatic carbocycles. The normalized spacial score (nSPS) is 24.5. The number of ether oxygens (including phenoxy) is 2. The smallest absolute Gasteiger partial charge is 0.0597 e. The third-order valence-electron chi connectivity index (χ3n) is 3.97. The van der Waals surface area contributed by atoms with Gasteiger partial charge in [-0.15, -0.1) is 0 Å². The van der Waals surface area contributed by atoms with Gasteiger partial charge in [-0.25, -0.2) is 0 Å². The van der Waals surface area contributed by atoms with Crippen LogP contribution in [-0.4, -0.2) is 56.5 Å². The van der Waals surface area contributed by atoms with E-state index in [-0.39, 0.29) is 5.54 Å². The lowest BCUT2D eigenvalue weighted by Crippen LogP contribution is -2.56. The summed E-state index contributed by atoms with van der Waals surface area (Å²) in [5, 5.41) is 0. The molecule has 17 heavy (non-hydrogen) atoms. The Bertz CT molecular complexity index is 217. The third kappa shape index (κ3) is 3.91. The fourth-order valence-electron chi connectivity index (χ4n) is 2.34. The quantitative estimate of drug-likeness (QED) is 0.728. The van der Waals surface area contributed by atoms with Crippen molar-refractivity contribution in [3.05, 3.63) is 0 Å². The second-order valence-electron chi connectivity index (χ2n) is 5.46. The van der Waals surface area contributed by atoms with Crippen molar-refractivity contribution in [3.63, 3.8) is 0 Å². The maximum atomic E-state index is 5.98. The molecule has 1 rings (SSSR count). The van der Waals surface area contributed by atoms with Gasteiger partial charge in [-0.2, -0.15) is 0 Å². The largest absolute Gasteiger partial charge is 0.381 e. The predicted octanol–water partition coefficient (Wildman–Crippen LogP) is 1.10. The lowest BCUT2D eigenvalue weighted by atomic mass is 9.83. The Morgan fingerprint density at radius 1 is 1.53 bits per heavy atom. The van der Waals surface area contributed by atoms with E-state index in [1.807, 2.05) is 0 Å². The van der Waals surface area contributed by atoms with Gasteiger partial charge in [-0.05, 0) is 34.2 Å². The van der Waals surface area contributed by atoms with E-state index in [4.69, 9.17) is 15.2 Å². The summed E-state index contributed by atoms with van der Waals surface area (Å²) < 4.78 is 11.1. The van der Waals surface area contributed by atoms with Crippen LogP contribution in [0, 0.1) is 5.92 Å². The number of nitrogens with two attached hydrogens (primary N) is 1. The standard InChI is InChI=1S/C13H28N2O2/c1-11(2)17-8-6-15(4)13(3,10-14)12-5-7-16-9-12/h11-12H,5-10,14H2,1-4H3. The van der Waals surface area contributed by atoms with Crippen LogP contribution >= 0.6 is 0 Å². The van der Waals surface area contributed by atoms with Crippen LogP contribution in [0.2, 0.25) is 0 Å². The van der Waals surface area contributed by atoms with Gasteiger partial charge in [0.25, 0.3) is 0 Å². The molecule has 2 N–H and O–H groups in total. The summed E-state index contributed by atoms with van der Waals surface area (Å²) in [6, 6.07) is 0. The van der Waals surface area contributed by atoms with Crippen LogP contribution < -0.4 is 5.73 Å². The van der Waals surface area contributed by atoms with E-state index in [1.54, 1.807) is 0 Å². The van der Waals surface area contributed by atoms with E-state index in [1.165, 1.54) is 0 Å². The summed E-state index contributed by atoms with van der Waals surface area (Å²) in [5.74, 6) is 0.538. The molecule has 0 aromatic rings. The van der Waals surface area contributed by atoms with E-state index in [2.05, 4.69) is 32.7 Å². The minimum absolute atomic E-state index is 0.0246. The summed E-state index contributed by atoms with van der Waals surface area (Å²) in [6.07, 6.45) is 1.41. The molecule has 2 unspecified atom stereocenters. The zero-order chi connectivity index (χ0) is 12.9. The Kier molecular flexibility index (Phi) is 5.86. The predicted molar refractivity (Wildman–Crippen MR) is 70.1 cm³/mol. The highest BCUT2D eigenvalue weighted by atomic mass is 16.5. The zero-order valence-electron chi connectivity index (χ0n) is 11.7. The second kappa shape index (κ2) is 6.69. The van der Waals surface area contributed by atoms with Gasteiger partial charge in [-0.1, -0.05) is 0 Å². The van der Waals surface area contributed by atoms with Crippen LogP contribution in [0.15, 0.2) is 0 Å². The molecule has 0 saturated carbocycles. The van der Waals surface area contributed by atoms with E-state index in [0.29, 0.717) is 18.6 Å². The molecule has 4 nitrogen and oxygen atoms in total. The van der Waals surface area contributed by atoms with Crippen molar-refractivity contribution >= 4 is 0 Å². The monoisotopic (exact) mass is 244 g/mol. The van der Waals surface area contributed by atoms with Crippen molar-refractivity contribution in [2.75, 3.05) is 40.0 Å². The average molecular weight is 244 g/mol. The van der Waals surface area contributed by atoms with Crippen LogP contribution in [0.25, 0.3) is 0 Å². The van der Waals surface area contributed by atoms with E-state index >= 15 is 0 Å². The number of nitrogens with zero attached hydrogens (tertiary/aromatic N) is 1. The van der Waals surface area contributed by atoms with Gasteiger partial charge in [0.1, 0.15) is 0 Å². The molecular formula is C13H28N2O2. The fraction of sp³-hybridized carbons (Fsp3) is 1.00. The molecule has 1 heterocycles. The van der Waals surface area contributed by atoms with Gasteiger partial charge < -0.3 is 15.2 Å². The van der Waals surface area contributed by atoms with Crippen LogP contribution in [0.5, 0.6) is 0 Å². The van der Waals surface area contributed by atoms with E-state index < -0.39 is 0 Å². The van der Waals surface area contributed by atoms with Crippen molar-refractivity contribution in [2.24, 2.45) is 11.7 Å². The molecule has 2 atom stereocenters. The SMILES string of the molecule is CC(C)OCCN(C)C(C)(CN)C1CCOC1. The number of rotatable bonds is 7. The summed E-state index contributed by atoms with van der Waals surface area (Å²) in [7, 11) is 2.13. The minimum Gasteiger partial charge on any atom is -0.381 e. The first-order chi connectivity index (χ1) is 8.00. The van der Waals surface area contributed by atoms with Gasteiger partial charge in [0.15, 0.2) is 0 Å². The number of likely N-dealkylation sites (N-methyl/N-ethyl adjacent to an activating group) is 1. The maximum Gasteiger partial charge on any atom is 0.0597 e. The average Bonchev–Trinajstić information content (AvgIpc) is 2.81. The summed E-state index contributed by atoms with van der Waals surface area (Å²) in [4.78, 5) is 2.33. The van der Waals surface area contributed by atoms with Crippen LogP contribution in [0.3, 0.4) is 0 Å². The maximum absolute atomic E-state index is 5.98. The van der Waals surface area contributed by atoms with E-state index in [0.717, 1.165) is 32.8 Å². The lowest BCUT2D eigenvalue weighted by Gasteiger charge is -2.42. The number of hydrogen-bond acceptors (Lipinski definition) is 4. The van der Waals surface area contributed by atoms with E-state index in [9.17, 15) is 0 Å². The Morgan fingerprint density at radius 3 is 2.71 bits per heavy atom. The van der Waals surface area contributed by atoms with Gasteiger partial charge >= 0.3 is 0 Å². The summed E-state index contributed by atoms with van der Waals surface area (Å²) >= 11 is 0. The molecule has 0 amide bonds. The first kappa shape index (κ1) is 14.9. The van der Waals surface area contributed by atoms with Crippen LogP contribution in [0.1, 0.15) is 27.2 Å². The molecule has 0 aromatic carbocycles. The lowest BCUT2D eigenvalue weighted by molar-refractivity contribution is 0.0171. The summed E-state index contributed by atoms with van der Waals surface area (Å²) in [5.41, 5.74) is 6.01. The molecule has 102 valence electrons. The molecule has 1 fully saturated rings. The molecule has 4 heteroatoms. The van der Waals surface area contributed by atoms with Crippen molar-refractivity contribution in [2.45, 2.75) is 38.8 Å². The van der Waals surface area contributed by atoms with Crippen LogP contribution in [0.4, 0.5) is 0 Å². The van der Waals surface area contributed by atoms with Gasteiger partial charge in [0, 0.05) is 31.2 Å². The van der Waals surface area contributed by atoms with Gasteiger partial charge in [0.05, 0.1) is 19.3 Å². The first-order valence-corrected chi connectivity index (χ1v) is 6.61. The molecule has 1 saturated heterocycles. The molecule has 0 bridgehead atoms. The van der Waals surface area contributed by atoms with Gasteiger partial charge in [-0.3, -0.25) is 4.90 Å². The zero-order valence-corrected chi connectivity index (χ0v) is 11.7. The fourth-order valence-corrected chi connectivity index (χ4v) is 2.34. The summed E-state index contributed by atoms with van der Waals surface area (Å²) in [6.45, 7) is 10.4. The van der Waals surface area contributed by atoms with Gasteiger partial charge in [0.2, 0.25) is 0 Å². The molecular weight excluding hydrogens is 216 g/mol.